The van der Waals surface area contributed by atoms with Gasteiger partial charge < -0.3 is 0 Å². The van der Waals surface area contributed by atoms with Crippen molar-refractivity contribution in [2.45, 2.75) is 25.0 Å². The summed E-state index contributed by atoms with van der Waals surface area (Å²) in [6, 6.07) is 16.7. The minimum absolute atomic E-state index is 0.154. The first-order valence-corrected chi connectivity index (χ1v) is 10.4. The van der Waals surface area contributed by atoms with Crippen LogP contribution in [0.2, 0.25) is 5.02 Å². The summed E-state index contributed by atoms with van der Waals surface area (Å²) in [7, 11) is 0. The van der Waals surface area contributed by atoms with E-state index in [1.165, 1.54) is 9.36 Å². The zero-order valence-corrected chi connectivity index (χ0v) is 17.2. The molecule has 10 heteroatoms. The highest BCUT2D eigenvalue weighted by Crippen LogP contribution is 2.22. The van der Waals surface area contributed by atoms with Gasteiger partial charge in [0.25, 0.3) is 0 Å². The Bertz CT molecular complexity index is 1150. The second-order valence-electron chi connectivity index (χ2n) is 6.23. The molecule has 0 saturated heterocycles. The monoisotopic (exact) mass is 427 g/mol. The number of halogens is 1. The van der Waals surface area contributed by atoms with Gasteiger partial charge in [0, 0.05) is 16.5 Å². The van der Waals surface area contributed by atoms with Crippen LogP contribution in [0, 0.1) is 0 Å². The third-order valence-corrected chi connectivity index (χ3v) is 5.54. The van der Waals surface area contributed by atoms with Crippen LogP contribution in [0.1, 0.15) is 19.2 Å². The normalized spacial score (nSPS) is 11.1. The van der Waals surface area contributed by atoms with Gasteiger partial charge in [-0.25, -0.2) is 4.79 Å². The number of hydrogen-bond donors (Lipinski definition) is 0. The fourth-order valence-electron chi connectivity index (χ4n) is 2.78. The zero-order valence-electron chi connectivity index (χ0n) is 15.6. The van der Waals surface area contributed by atoms with E-state index in [2.05, 4.69) is 27.5 Å². The second-order valence-corrected chi connectivity index (χ2v) is 7.72. The lowest BCUT2D eigenvalue weighted by Crippen LogP contribution is -2.25. The number of para-hydroxylation sites is 1. The van der Waals surface area contributed by atoms with Gasteiger partial charge in [0.1, 0.15) is 6.54 Å². The Balaban J connectivity index is 1.69. The summed E-state index contributed by atoms with van der Waals surface area (Å²) >= 11 is 7.55. The molecule has 0 N–H and O–H groups in total. The second kappa shape index (κ2) is 8.62. The van der Waals surface area contributed by atoms with Gasteiger partial charge in [-0.15, -0.1) is 10.2 Å². The summed E-state index contributed by atoms with van der Waals surface area (Å²) in [4.78, 5) is 12.8. The van der Waals surface area contributed by atoms with E-state index in [-0.39, 0.29) is 12.2 Å². The maximum Gasteiger partial charge on any atom is 0.368 e. The molecule has 0 atom stereocenters. The van der Waals surface area contributed by atoms with Gasteiger partial charge in [0.15, 0.2) is 11.0 Å². The van der Waals surface area contributed by atoms with Gasteiger partial charge in [0.05, 0.1) is 5.69 Å². The summed E-state index contributed by atoms with van der Waals surface area (Å²) < 4.78 is 4.45. The largest absolute Gasteiger partial charge is 0.368 e. The first-order valence-electron chi connectivity index (χ1n) is 9.08. The zero-order chi connectivity index (χ0) is 20.2. The van der Waals surface area contributed by atoms with Gasteiger partial charge in [-0.3, -0.25) is 4.57 Å². The molecule has 0 bridgehead atoms. The molecule has 148 valence electrons. The molecule has 0 aliphatic carbocycles. The molecule has 0 fully saturated rings. The quantitative estimate of drug-likeness (QED) is 0.421. The van der Waals surface area contributed by atoms with E-state index in [4.69, 9.17) is 11.6 Å². The van der Waals surface area contributed by atoms with Crippen LogP contribution in [-0.4, -0.2) is 40.3 Å². The summed E-state index contributed by atoms with van der Waals surface area (Å²) in [5.74, 6) is 1.54. The number of nitrogens with zero attached hydrogens (tertiary/aromatic N) is 7. The van der Waals surface area contributed by atoms with Crippen LogP contribution >= 0.6 is 23.4 Å². The van der Waals surface area contributed by atoms with Crippen molar-refractivity contribution in [1.29, 1.82) is 0 Å². The van der Waals surface area contributed by atoms with Crippen LogP contribution in [0.4, 0.5) is 0 Å². The number of tetrazole rings is 1. The Morgan fingerprint density at radius 2 is 1.72 bits per heavy atom. The lowest BCUT2D eigenvalue weighted by atomic mass is 10.3. The van der Waals surface area contributed by atoms with Crippen molar-refractivity contribution >= 4 is 23.4 Å². The fourth-order valence-corrected chi connectivity index (χ4v) is 3.73. The highest BCUT2D eigenvalue weighted by molar-refractivity contribution is 7.99. The van der Waals surface area contributed by atoms with Crippen molar-refractivity contribution < 1.29 is 0 Å². The van der Waals surface area contributed by atoms with Crippen LogP contribution in [0.15, 0.2) is 64.5 Å². The van der Waals surface area contributed by atoms with E-state index < -0.39 is 0 Å². The Morgan fingerprint density at radius 3 is 2.45 bits per heavy atom. The minimum atomic E-state index is -0.363. The topological polar surface area (TPSA) is 83.4 Å². The first-order chi connectivity index (χ1) is 14.2. The van der Waals surface area contributed by atoms with Crippen LogP contribution < -0.4 is 5.69 Å². The molecule has 29 heavy (non-hydrogen) atoms. The van der Waals surface area contributed by atoms with Crippen LogP contribution in [0.5, 0.6) is 0 Å². The third kappa shape index (κ3) is 4.10. The molecule has 2 aromatic heterocycles. The van der Waals surface area contributed by atoms with Crippen molar-refractivity contribution in [3.63, 3.8) is 0 Å². The Kier molecular flexibility index (Phi) is 5.77. The molecule has 4 rings (SSSR count). The van der Waals surface area contributed by atoms with Crippen LogP contribution in [0.25, 0.3) is 11.4 Å². The molecule has 4 aromatic rings. The van der Waals surface area contributed by atoms with Crippen molar-refractivity contribution in [1.82, 2.24) is 34.6 Å². The number of benzene rings is 2. The van der Waals surface area contributed by atoms with E-state index in [0.29, 0.717) is 16.5 Å². The van der Waals surface area contributed by atoms with E-state index >= 15 is 0 Å². The molecule has 0 aliphatic heterocycles. The average Bonchev–Trinajstić information content (AvgIpc) is 3.31. The summed E-state index contributed by atoms with van der Waals surface area (Å²) in [6.45, 7) is 2.27. The molecule has 8 nitrogen and oxygen atoms in total. The lowest BCUT2D eigenvalue weighted by molar-refractivity contribution is 0.598. The summed E-state index contributed by atoms with van der Waals surface area (Å²) in [5.41, 5.74) is 1.16. The minimum Gasteiger partial charge on any atom is -0.272 e. The van der Waals surface area contributed by atoms with Gasteiger partial charge in [-0.2, -0.15) is 9.36 Å². The third-order valence-electron chi connectivity index (χ3n) is 4.15. The SMILES string of the molecule is CCCSc1nnc(Cn2nnn(-c3ccc(Cl)cc3)c2=O)n1-c1ccccc1. The molecular formula is C19H18ClN7OS. The lowest BCUT2D eigenvalue weighted by Gasteiger charge is -2.09. The van der Waals surface area contributed by atoms with Gasteiger partial charge in [0.2, 0.25) is 0 Å². The van der Waals surface area contributed by atoms with Crippen molar-refractivity contribution in [2.24, 2.45) is 0 Å². The Labute approximate surface area is 176 Å². The highest BCUT2D eigenvalue weighted by atomic mass is 35.5. The standard InChI is InChI=1S/C19H18ClN7OS/c1-2-12-29-18-22-21-17(26(18)15-6-4-3-5-7-15)13-25-19(28)27(24-23-25)16-10-8-14(20)9-11-16/h3-11H,2,12-13H2,1H3. The predicted octanol–water partition coefficient (Wildman–Crippen LogP) is 3.21. The van der Waals surface area contributed by atoms with E-state index in [9.17, 15) is 4.79 Å². The summed E-state index contributed by atoms with van der Waals surface area (Å²) in [6.07, 6.45) is 1.02. The Hall–Kier alpha value is -2.91. The molecule has 0 aliphatic rings. The molecule has 0 saturated carbocycles. The Morgan fingerprint density at radius 1 is 0.966 bits per heavy atom. The van der Waals surface area contributed by atoms with Crippen LogP contribution in [0.3, 0.4) is 0 Å². The number of rotatable bonds is 7. The maximum atomic E-state index is 12.8. The first kappa shape index (κ1) is 19.4. The average molecular weight is 428 g/mol. The molecule has 0 spiro atoms. The highest BCUT2D eigenvalue weighted by Gasteiger charge is 2.17. The molecule has 2 aromatic carbocycles. The van der Waals surface area contributed by atoms with E-state index in [1.807, 2.05) is 34.9 Å². The maximum absolute atomic E-state index is 12.8. The molecule has 0 radical (unpaired) electrons. The van der Waals surface area contributed by atoms with Crippen LogP contribution in [-0.2, 0) is 6.54 Å². The van der Waals surface area contributed by atoms with Gasteiger partial charge >= 0.3 is 5.69 Å². The van der Waals surface area contributed by atoms with Crippen molar-refractivity contribution in [3.8, 4) is 11.4 Å². The number of aromatic nitrogens is 7. The smallest absolute Gasteiger partial charge is 0.272 e. The van der Waals surface area contributed by atoms with Gasteiger partial charge in [-0.05, 0) is 53.2 Å². The predicted molar refractivity (Wildman–Crippen MR) is 112 cm³/mol. The number of thioether (sulfide) groups is 1. The molecule has 0 amide bonds. The fraction of sp³-hybridized carbons (Fsp3) is 0.211. The van der Waals surface area contributed by atoms with E-state index in [1.54, 1.807) is 36.0 Å². The molecule has 0 unspecified atom stereocenters. The molecular weight excluding hydrogens is 410 g/mol. The molecule has 2 heterocycles. The van der Waals surface area contributed by atoms with E-state index in [0.717, 1.165) is 23.0 Å². The number of hydrogen-bond acceptors (Lipinski definition) is 6. The van der Waals surface area contributed by atoms with Crippen molar-refractivity contribution in [2.75, 3.05) is 5.75 Å². The summed E-state index contributed by atoms with van der Waals surface area (Å²) in [5, 5.41) is 18.0. The van der Waals surface area contributed by atoms with Crippen molar-refractivity contribution in [3.05, 3.63) is 75.9 Å². The van der Waals surface area contributed by atoms with Gasteiger partial charge in [-0.1, -0.05) is 48.5 Å².